The number of rotatable bonds is 5. The minimum Gasteiger partial charge on any atom is -0.330 e. The summed E-state index contributed by atoms with van der Waals surface area (Å²) in [5.74, 6) is 0. The van der Waals surface area contributed by atoms with Crippen LogP contribution in [0.25, 0.3) is 0 Å². The van der Waals surface area contributed by atoms with Gasteiger partial charge in [0.1, 0.15) is 0 Å². The van der Waals surface area contributed by atoms with E-state index in [1.54, 1.807) is 0 Å². The van der Waals surface area contributed by atoms with Gasteiger partial charge in [0.15, 0.2) is 0 Å². The zero-order chi connectivity index (χ0) is 13.0. The molecule has 0 bridgehead atoms. The number of hydrogen-bond acceptors (Lipinski definition) is 3. The van der Waals surface area contributed by atoms with E-state index in [9.17, 15) is 0 Å². The largest absolute Gasteiger partial charge is 0.330 e. The Kier molecular flexibility index (Phi) is 4.10. The smallest absolute Gasteiger partial charge is 0.0955 e. The summed E-state index contributed by atoms with van der Waals surface area (Å²) in [5, 5.41) is 3.37. The lowest BCUT2D eigenvalue weighted by atomic mass is 10.1. The van der Waals surface area contributed by atoms with Crippen molar-refractivity contribution >= 4 is 0 Å². The number of imidazole rings is 1. The van der Waals surface area contributed by atoms with Gasteiger partial charge in [-0.05, 0) is 24.6 Å². The van der Waals surface area contributed by atoms with Crippen LogP contribution in [0, 0.1) is 0 Å². The number of nitrogens with one attached hydrogen (secondary N) is 1. The third kappa shape index (κ3) is 3.17. The van der Waals surface area contributed by atoms with Crippen molar-refractivity contribution in [3.63, 3.8) is 0 Å². The molecule has 0 fully saturated rings. The van der Waals surface area contributed by atoms with Crippen molar-refractivity contribution in [3.8, 4) is 0 Å². The van der Waals surface area contributed by atoms with Crippen LogP contribution in [0.3, 0.4) is 0 Å². The Morgan fingerprint density at radius 1 is 1.22 bits per heavy atom. The third-order valence-electron chi connectivity index (χ3n) is 2.98. The zero-order valence-electron chi connectivity index (χ0n) is 11.2. The fourth-order valence-electron chi connectivity index (χ4n) is 1.81. The third-order valence-corrected chi connectivity index (χ3v) is 2.98. The molecule has 96 valence electrons. The Balaban J connectivity index is 2.06. The van der Waals surface area contributed by atoms with Crippen molar-refractivity contribution in [1.82, 2.24) is 19.9 Å². The van der Waals surface area contributed by atoms with Gasteiger partial charge in [-0.1, -0.05) is 13.8 Å². The fourth-order valence-corrected chi connectivity index (χ4v) is 1.81. The summed E-state index contributed by atoms with van der Waals surface area (Å²) in [6.07, 6.45) is 7.64. The Morgan fingerprint density at radius 3 is 2.61 bits per heavy atom. The molecule has 4 heteroatoms. The van der Waals surface area contributed by atoms with Crippen LogP contribution in [0.1, 0.15) is 38.1 Å². The van der Waals surface area contributed by atoms with E-state index in [0.717, 1.165) is 12.2 Å². The molecule has 1 unspecified atom stereocenters. The first-order valence-corrected chi connectivity index (χ1v) is 6.32. The molecule has 0 aromatic carbocycles. The molecule has 0 amide bonds. The van der Waals surface area contributed by atoms with Crippen molar-refractivity contribution < 1.29 is 0 Å². The maximum atomic E-state index is 4.42. The number of nitrogens with zero attached hydrogens (tertiary/aromatic N) is 3. The van der Waals surface area contributed by atoms with Crippen LogP contribution in [0.4, 0.5) is 0 Å². The van der Waals surface area contributed by atoms with E-state index in [2.05, 4.69) is 46.8 Å². The molecule has 0 saturated carbocycles. The van der Waals surface area contributed by atoms with Crippen LogP contribution in [-0.2, 0) is 6.54 Å². The Hall–Kier alpha value is -1.68. The van der Waals surface area contributed by atoms with E-state index in [0.29, 0.717) is 6.04 Å². The van der Waals surface area contributed by atoms with Gasteiger partial charge in [0, 0.05) is 31.2 Å². The zero-order valence-corrected chi connectivity index (χ0v) is 11.2. The van der Waals surface area contributed by atoms with Gasteiger partial charge < -0.3 is 9.88 Å². The normalized spacial score (nSPS) is 12.9. The van der Waals surface area contributed by atoms with Crippen LogP contribution in [-0.4, -0.2) is 20.6 Å². The van der Waals surface area contributed by atoms with Crippen LogP contribution in [0.15, 0.2) is 37.1 Å². The quantitative estimate of drug-likeness (QED) is 0.878. The highest BCUT2D eigenvalue weighted by molar-refractivity contribution is 5.16. The number of aromatic nitrogens is 3. The van der Waals surface area contributed by atoms with Crippen LogP contribution in [0.2, 0.25) is 0 Å². The average Bonchev–Trinajstić information content (AvgIpc) is 2.85. The number of pyridine rings is 1. The Labute approximate surface area is 108 Å². The van der Waals surface area contributed by atoms with Crippen LogP contribution in [0.5, 0.6) is 0 Å². The monoisotopic (exact) mass is 244 g/mol. The van der Waals surface area contributed by atoms with E-state index in [1.165, 1.54) is 5.56 Å². The van der Waals surface area contributed by atoms with Gasteiger partial charge in [0.25, 0.3) is 0 Å². The maximum Gasteiger partial charge on any atom is 0.0955 e. The van der Waals surface area contributed by atoms with Gasteiger partial charge in [-0.2, -0.15) is 0 Å². The molecule has 2 heterocycles. The molecule has 1 N–H and O–H groups in total. The van der Waals surface area contributed by atoms with Gasteiger partial charge in [-0.15, -0.1) is 0 Å². The highest BCUT2D eigenvalue weighted by Crippen LogP contribution is 2.16. The van der Waals surface area contributed by atoms with Gasteiger partial charge in [0.05, 0.1) is 18.1 Å². The first-order valence-electron chi connectivity index (χ1n) is 6.32. The minimum atomic E-state index is 0.285. The first kappa shape index (κ1) is 12.8. The summed E-state index contributed by atoms with van der Waals surface area (Å²) >= 11 is 0. The molecule has 4 nitrogen and oxygen atoms in total. The van der Waals surface area contributed by atoms with Gasteiger partial charge in [-0.25, -0.2) is 4.98 Å². The number of hydrogen-bond donors (Lipinski definition) is 1. The van der Waals surface area contributed by atoms with Crippen molar-refractivity contribution in [2.24, 2.45) is 0 Å². The van der Waals surface area contributed by atoms with Gasteiger partial charge >= 0.3 is 0 Å². The van der Waals surface area contributed by atoms with Gasteiger partial charge in [0.2, 0.25) is 0 Å². The van der Waals surface area contributed by atoms with E-state index in [4.69, 9.17) is 0 Å². The molecular formula is C14H20N4. The SMILES string of the molecule is CC(C)NCc1cn(C(C)c2ccncc2)cn1. The molecule has 0 aliphatic rings. The second-order valence-electron chi connectivity index (χ2n) is 4.80. The highest BCUT2D eigenvalue weighted by atomic mass is 15.1. The van der Waals surface area contributed by atoms with Crippen molar-refractivity contribution in [1.29, 1.82) is 0 Å². The minimum absolute atomic E-state index is 0.285. The van der Waals surface area contributed by atoms with E-state index < -0.39 is 0 Å². The molecule has 2 aromatic heterocycles. The lowest BCUT2D eigenvalue weighted by Gasteiger charge is -2.12. The molecule has 0 aliphatic carbocycles. The molecule has 0 spiro atoms. The van der Waals surface area contributed by atoms with Crippen molar-refractivity contribution in [2.45, 2.75) is 39.4 Å². The molecular weight excluding hydrogens is 224 g/mol. The lowest BCUT2D eigenvalue weighted by molar-refractivity contribution is 0.581. The highest BCUT2D eigenvalue weighted by Gasteiger charge is 2.08. The Bertz CT molecular complexity index is 476. The van der Waals surface area contributed by atoms with E-state index >= 15 is 0 Å². The molecule has 18 heavy (non-hydrogen) atoms. The predicted octanol–water partition coefficient (Wildman–Crippen LogP) is 2.39. The topological polar surface area (TPSA) is 42.7 Å². The molecule has 2 aromatic rings. The summed E-state index contributed by atoms with van der Waals surface area (Å²) < 4.78 is 2.13. The van der Waals surface area contributed by atoms with E-state index in [1.807, 2.05) is 30.9 Å². The standard InChI is InChI=1S/C14H20N4/c1-11(2)16-8-14-9-18(10-17-14)12(3)13-4-6-15-7-5-13/h4-7,9-12,16H,8H2,1-3H3. The first-order chi connectivity index (χ1) is 8.66. The molecule has 0 aliphatic heterocycles. The molecule has 1 atom stereocenters. The summed E-state index contributed by atoms with van der Waals surface area (Å²) in [5.41, 5.74) is 2.32. The average molecular weight is 244 g/mol. The predicted molar refractivity (Wildman–Crippen MR) is 72.3 cm³/mol. The summed E-state index contributed by atoms with van der Waals surface area (Å²) in [4.78, 5) is 8.46. The molecule has 2 rings (SSSR count). The van der Waals surface area contributed by atoms with Crippen LogP contribution >= 0.6 is 0 Å². The second kappa shape index (κ2) is 5.78. The summed E-state index contributed by atoms with van der Waals surface area (Å²) in [7, 11) is 0. The van der Waals surface area contributed by atoms with Gasteiger partial charge in [-0.3, -0.25) is 4.98 Å². The molecule has 0 radical (unpaired) electrons. The summed E-state index contributed by atoms with van der Waals surface area (Å²) in [6.45, 7) is 7.25. The molecule has 0 saturated heterocycles. The van der Waals surface area contributed by atoms with Crippen LogP contribution < -0.4 is 5.32 Å². The van der Waals surface area contributed by atoms with E-state index in [-0.39, 0.29) is 6.04 Å². The maximum absolute atomic E-state index is 4.42. The Morgan fingerprint density at radius 2 is 1.94 bits per heavy atom. The van der Waals surface area contributed by atoms with Crippen molar-refractivity contribution in [3.05, 3.63) is 48.3 Å². The fraction of sp³-hybridized carbons (Fsp3) is 0.429. The van der Waals surface area contributed by atoms with Crippen molar-refractivity contribution in [2.75, 3.05) is 0 Å². The second-order valence-corrected chi connectivity index (χ2v) is 4.80. The lowest BCUT2D eigenvalue weighted by Crippen LogP contribution is -2.21. The summed E-state index contributed by atoms with van der Waals surface area (Å²) in [6, 6.07) is 4.84.